The average molecular weight is 350 g/mol. The number of carbonyl (C=O) groups is 2. The molecule has 7 heteroatoms. The molecule has 5 nitrogen and oxygen atoms in total. The summed E-state index contributed by atoms with van der Waals surface area (Å²) in [6, 6.07) is 7.13. The summed E-state index contributed by atoms with van der Waals surface area (Å²) in [5.74, 6) is -0.435. The fourth-order valence-corrected chi connectivity index (χ4v) is 2.86. The van der Waals surface area contributed by atoms with Gasteiger partial charge in [0.05, 0.1) is 5.69 Å². The van der Waals surface area contributed by atoms with E-state index < -0.39 is 0 Å². The van der Waals surface area contributed by atoms with E-state index in [4.69, 9.17) is 11.6 Å². The van der Waals surface area contributed by atoms with Crippen LogP contribution in [0, 0.1) is 6.92 Å². The number of hydrogen-bond donors (Lipinski definition) is 1. The molecule has 0 saturated heterocycles. The van der Waals surface area contributed by atoms with Crippen molar-refractivity contribution in [3.63, 3.8) is 0 Å². The van der Waals surface area contributed by atoms with Gasteiger partial charge in [-0.05, 0) is 30.7 Å². The number of halogens is 1. The maximum Gasteiger partial charge on any atom is 0.265 e. The van der Waals surface area contributed by atoms with Crippen LogP contribution in [0.3, 0.4) is 0 Å². The standard InChI is InChI=1S/C16H16ClN3O2S/c1-10-14(15(22)20(2)3)23-16(18-10)19-13(21)9-6-11-4-7-12(17)8-5-11/h4-9H,1-3H3,(H,18,19,21)/b9-6+. The zero-order chi connectivity index (χ0) is 17.0. The first-order chi connectivity index (χ1) is 10.9. The first-order valence-electron chi connectivity index (χ1n) is 6.80. The highest BCUT2D eigenvalue weighted by Gasteiger charge is 2.17. The highest BCUT2D eigenvalue weighted by molar-refractivity contribution is 7.17. The number of carbonyl (C=O) groups excluding carboxylic acids is 2. The third kappa shape index (κ3) is 4.64. The van der Waals surface area contributed by atoms with Crippen molar-refractivity contribution in [2.75, 3.05) is 19.4 Å². The Kier molecular flexibility index (Phi) is 5.52. The molecule has 1 aromatic carbocycles. The van der Waals surface area contributed by atoms with Gasteiger partial charge in [0.2, 0.25) is 5.91 Å². The molecule has 1 aromatic heterocycles. The van der Waals surface area contributed by atoms with Gasteiger partial charge in [-0.2, -0.15) is 0 Å². The van der Waals surface area contributed by atoms with Crippen molar-refractivity contribution in [2.24, 2.45) is 0 Å². The number of anilines is 1. The van der Waals surface area contributed by atoms with Crippen molar-refractivity contribution in [3.05, 3.63) is 51.5 Å². The van der Waals surface area contributed by atoms with Gasteiger partial charge in [0, 0.05) is 25.2 Å². The Labute approximate surface area is 143 Å². The average Bonchev–Trinajstić information content (AvgIpc) is 2.86. The smallest absolute Gasteiger partial charge is 0.265 e. The van der Waals surface area contributed by atoms with E-state index in [0.717, 1.165) is 16.9 Å². The Balaban J connectivity index is 2.04. The fourth-order valence-electron chi connectivity index (χ4n) is 1.74. The molecule has 2 amide bonds. The first-order valence-corrected chi connectivity index (χ1v) is 8.00. The molecule has 0 bridgehead atoms. The monoisotopic (exact) mass is 349 g/mol. The molecule has 1 N–H and O–H groups in total. The van der Waals surface area contributed by atoms with Crippen LogP contribution < -0.4 is 5.32 Å². The number of aryl methyl sites for hydroxylation is 1. The Morgan fingerprint density at radius 1 is 1.26 bits per heavy atom. The van der Waals surface area contributed by atoms with Gasteiger partial charge in [0.1, 0.15) is 4.88 Å². The molecule has 0 saturated carbocycles. The van der Waals surface area contributed by atoms with Gasteiger partial charge in [-0.1, -0.05) is 35.1 Å². The molecule has 1 heterocycles. The van der Waals surface area contributed by atoms with E-state index in [2.05, 4.69) is 10.3 Å². The fraction of sp³-hybridized carbons (Fsp3) is 0.188. The molecule has 0 spiro atoms. The van der Waals surface area contributed by atoms with Gasteiger partial charge in [0.25, 0.3) is 5.91 Å². The lowest BCUT2D eigenvalue weighted by Gasteiger charge is -2.07. The lowest BCUT2D eigenvalue weighted by Crippen LogP contribution is -2.21. The molecule has 0 atom stereocenters. The van der Waals surface area contributed by atoms with Crippen LogP contribution in [0.2, 0.25) is 5.02 Å². The van der Waals surface area contributed by atoms with Crippen LogP contribution in [0.15, 0.2) is 30.3 Å². The lowest BCUT2D eigenvalue weighted by molar-refractivity contribution is -0.111. The molecule has 0 fully saturated rings. The molecule has 0 radical (unpaired) electrons. The third-order valence-electron chi connectivity index (χ3n) is 2.92. The number of benzene rings is 1. The summed E-state index contributed by atoms with van der Waals surface area (Å²) in [5, 5.41) is 3.71. The minimum Gasteiger partial charge on any atom is -0.344 e. The van der Waals surface area contributed by atoms with E-state index in [-0.39, 0.29) is 11.8 Å². The van der Waals surface area contributed by atoms with E-state index in [1.54, 1.807) is 39.2 Å². The molecule has 0 aliphatic rings. The second-order valence-electron chi connectivity index (χ2n) is 5.01. The summed E-state index contributed by atoms with van der Waals surface area (Å²) in [7, 11) is 3.35. The van der Waals surface area contributed by atoms with Crippen molar-refractivity contribution in [1.29, 1.82) is 0 Å². The number of nitrogens with zero attached hydrogens (tertiary/aromatic N) is 2. The summed E-state index contributed by atoms with van der Waals surface area (Å²) in [4.78, 5) is 30.1. The highest BCUT2D eigenvalue weighted by Crippen LogP contribution is 2.23. The summed E-state index contributed by atoms with van der Waals surface area (Å²) in [6.07, 6.45) is 3.09. The molecule has 0 aliphatic heterocycles. The van der Waals surface area contributed by atoms with Crippen molar-refractivity contribution >= 4 is 46.0 Å². The van der Waals surface area contributed by atoms with Gasteiger partial charge in [-0.3, -0.25) is 14.9 Å². The van der Waals surface area contributed by atoms with Gasteiger partial charge in [0.15, 0.2) is 5.13 Å². The van der Waals surface area contributed by atoms with E-state index in [9.17, 15) is 9.59 Å². The SMILES string of the molecule is Cc1nc(NC(=O)/C=C/c2ccc(Cl)cc2)sc1C(=O)N(C)C. The predicted molar refractivity (Wildman–Crippen MR) is 94.0 cm³/mol. The zero-order valence-corrected chi connectivity index (χ0v) is 14.5. The van der Waals surface area contributed by atoms with Gasteiger partial charge >= 0.3 is 0 Å². The second-order valence-corrected chi connectivity index (χ2v) is 6.44. The van der Waals surface area contributed by atoms with Crippen LogP contribution in [-0.2, 0) is 4.79 Å². The Hall–Kier alpha value is -2.18. The molecular formula is C16H16ClN3O2S. The molecule has 120 valence electrons. The van der Waals surface area contributed by atoms with Crippen molar-refractivity contribution < 1.29 is 9.59 Å². The van der Waals surface area contributed by atoms with Gasteiger partial charge in [-0.15, -0.1) is 0 Å². The van der Waals surface area contributed by atoms with Crippen LogP contribution in [0.25, 0.3) is 6.08 Å². The number of hydrogen-bond acceptors (Lipinski definition) is 4. The summed E-state index contributed by atoms with van der Waals surface area (Å²) in [6.45, 7) is 1.74. The van der Waals surface area contributed by atoms with Crippen LogP contribution >= 0.6 is 22.9 Å². The number of rotatable bonds is 4. The molecule has 0 unspecified atom stereocenters. The molecule has 23 heavy (non-hydrogen) atoms. The van der Waals surface area contributed by atoms with Crippen molar-refractivity contribution in [3.8, 4) is 0 Å². The van der Waals surface area contributed by atoms with E-state index in [0.29, 0.717) is 20.7 Å². The zero-order valence-electron chi connectivity index (χ0n) is 13.0. The van der Waals surface area contributed by atoms with Crippen molar-refractivity contribution in [1.82, 2.24) is 9.88 Å². The highest BCUT2D eigenvalue weighted by atomic mass is 35.5. The minimum absolute atomic E-state index is 0.128. The summed E-state index contributed by atoms with van der Waals surface area (Å²) in [5.41, 5.74) is 1.47. The van der Waals surface area contributed by atoms with Crippen LogP contribution in [0.1, 0.15) is 20.9 Å². The number of amides is 2. The molecule has 0 aliphatic carbocycles. The van der Waals surface area contributed by atoms with E-state index >= 15 is 0 Å². The molecule has 2 rings (SSSR count). The Morgan fingerprint density at radius 2 is 1.91 bits per heavy atom. The predicted octanol–water partition coefficient (Wildman–Crippen LogP) is 3.46. The number of nitrogens with one attached hydrogen (secondary N) is 1. The quantitative estimate of drug-likeness (QED) is 0.860. The molecular weight excluding hydrogens is 334 g/mol. The maximum absolute atomic E-state index is 12.0. The maximum atomic E-state index is 12.0. The van der Waals surface area contributed by atoms with E-state index in [1.165, 1.54) is 11.0 Å². The second kappa shape index (κ2) is 7.39. The van der Waals surface area contributed by atoms with Crippen LogP contribution in [-0.4, -0.2) is 35.8 Å². The topological polar surface area (TPSA) is 62.3 Å². The minimum atomic E-state index is -0.308. The van der Waals surface area contributed by atoms with Gasteiger partial charge in [-0.25, -0.2) is 4.98 Å². The lowest BCUT2D eigenvalue weighted by atomic mass is 10.2. The summed E-state index contributed by atoms with van der Waals surface area (Å²) < 4.78 is 0. The number of aromatic nitrogens is 1. The van der Waals surface area contributed by atoms with Crippen LogP contribution in [0.5, 0.6) is 0 Å². The largest absolute Gasteiger partial charge is 0.344 e. The summed E-state index contributed by atoms with van der Waals surface area (Å²) >= 11 is 6.97. The number of thiazole rings is 1. The molecule has 2 aromatic rings. The van der Waals surface area contributed by atoms with Gasteiger partial charge < -0.3 is 4.90 Å². The Bertz CT molecular complexity index is 751. The normalized spacial score (nSPS) is 10.8. The third-order valence-corrected chi connectivity index (χ3v) is 4.24. The first kappa shape index (κ1) is 17.2. The Morgan fingerprint density at radius 3 is 2.52 bits per heavy atom. The van der Waals surface area contributed by atoms with Crippen LogP contribution in [0.4, 0.5) is 5.13 Å². The van der Waals surface area contributed by atoms with Crippen molar-refractivity contribution in [2.45, 2.75) is 6.92 Å². The van der Waals surface area contributed by atoms with E-state index in [1.807, 2.05) is 12.1 Å².